The van der Waals surface area contributed by atoms with Crippen molar-refractivity contribution in [2.75, 3.05) is 13.7 Å². The maximum absolute atomic E-state index is 12.4. The van der Waals surface area contributed by atoms with Crippen molar-refractivity contribution in [1.82, 2.24) is 4.90 Å². The molecule has 1 amide bonds. The third-order valence-corrected chi connectivity index (χ3v) is 3.50. The highest BCUT2D eigenvalue weighted by molar-refractivity contribution is 7.80. The Morgan fingerprint density at radius 3 is 2.50 bits per heavy atom. The Morgan fingerprint density at radius 2 is 2.06 bits per heavy atom. The van der Waals surface area contributed by atoms with Crippen molar-refractivity contribution in [2.24, 2.45) is 17.6 Å². The Hall–Kier alpha value is -1.17. The summed E-state index contributed by atoms with van der Waals surface area (Å²) in [5.41, 5.74) is 5.63. The van der Waals surface area contributed by atoms with Crippen molar-refractivity contribution >= 4 is 29.1 Å². The lowest BCUT2D eigenvalue weighted by atomic mass is 9.94. The lowest BCUT2D eigenvalue weighted by molar-refractivity contribution is -0.152. The van der Waals surface area contributed by atoms with Gasteiger partial charge < -0.3 is 15.4 Å². The van der Waals surface area contributed by atoms with E-state index in [1.165, 1.54) is 7.11 Å². The van der Waals surface area contributed by atoms with Gasteiger partial charge in [-0.15, -0.1) is 0 Å². The van der Waals surface area contributed by atoms with Crippen molar-refractivity contribution < 1.29 is 14.3 Å². The molecule has 6 heteroatoms. The van der Waals surface area contributed by atoms with Crippen LogP contribution in [0.5, 0.6) is 0 Å². The standard InChI is InChI=1S/C12H20N2O3S/c1-7(2)9(10(13)18)11(15)14-6-4-5-8(14)12(16)17-3/h7-9H,4-6H2,1-3H3,(H2,13,18). The fourth-order valence-electron chi connectivity index (χ4n) is 2.33. The summed E-state index contributed by atoms with van der Waals surface area (Å²) >= 11 is 4.95. The number of nitrogens with two attached hydrogens (primary N) is 1. The summed E-state index contributed by atoms with van der Waals surface area (Å²) in [4.78, 5) is 25.8. The molecule has 0 saturated carbocycles. The van der Waals surface area contributed by atoms with E-state index in [1.807, 2.05) is 13.8 Å². The van der Waals surface area contributed by atoms with Gasteiger partial charge in [0.15, 0.2) is 0 Å². The lowest BCUT2D eigenvalue weighted by Crippen LogP contribution is -2.48. The van der Waals surface area contributed by atoms with Gasteiger partial charge in [-0.2, -0.15) is 0 Å². The molecule has 0 aromatic carbocycles. The first kappa shape index (κ1) is 14.9. The van der Waals surface area contributed by atoms with Gasteiger partial charge in [-0.05, 0) is 18.8 Å². The van der Waals surface area contributed by atoms with E-state index in [2.05, 4.69) is 0 Å². The molecule has 102 valence electrons. The van der Waals surface area contributed by atoms with E-state index in [0.29, 0.717) is 13.0 Å². The Morgan fingerprint density at radius 1 is 1.44 bits per heavy atom. The van der Waals surface area contributed by atoms with Gasteiger partial charge in [-0.1, -0.05) is 26.1 Å². The van der Waals surface area contributed by atoms with Gasteiger partial charge in [0.25, 0.3) is 0 Å². The van der Waals surface area contributed by atoms with E-state index in [-0.39, 0.29) is 22.8 Å². The normalized spacial score (nSPS) is 20.9. The summed E-state index contributed by atoms with van der Waals surface area (Å²) < 4.78 is 4.72. The topological polar surface area (TPSA) is 72.6 Å². The minimum atomic E-state index is -0.509. The minimum Gasteiger partial charge on any atom is -0.467 e. The fraction of sp³-hybridized carbons (Fsp3) is 0.750. The lowest BCUT2D eigenvalue weighted by Gasteiger charge is -2.28. The van der Waals surface area contributed by atoms with Crippen LogP contribution in [-0.4, -0.2) is 41.5 Å². The summed E-state index contributed by atoms with van der Waals surface area (Å²) in [7, 11) is 1.33. The Bertz CT molecular complexity index is 357. The van der Waals surface area contributed by atoms with Gasteiger partial charge in [0.2, 0.25) is 5.91 Å². The highest BCUT2D eigenvalue weighted by atomic mass is 32.1. The zero-order valence-electron chi connectivity index (χ0n) is 11.0. The maximum Gasteiger partial charge on any atom is 0.328 e. The van der Waals surface area contributed by atoms with Gasteiger partial charge in [-0.25, -0.2) is 4.79 Å². The Kier molecular flexibility index (Phi) is 5.07. The second-order valence-electron chi connectivity index (χ2n) is 4.84. The molecule has 5 nitrogen and oxygen atoms in total. The number of hydrogen-bond acceptors (Lipinski definition) is 4. The van der Waals surface area contributed by atoms with Crippen LogP contribution in [0.2, 0.25) is 0 Å². The first-order valence-corrected chi connectivity index (χ1v) is 6.48. The van der Waals surface area contributed by atoms with Crippen LogP contribution in [0.3, 0.4) is 0 Å². The fourth-order valence-corrected chi connectivity index (χ4v) is 2.70. The summed E-state index contributed by atoms with van der Waals surface area (Å²) in [5, 5.41) is 0. The van der Waals surface area contributed by atoms with E-state index in [1.54, 1.807) is 4.90 Å². The summed E-state index contributed by atoms with van der Waals surface area (Å²) in [6, 6.07) is -0.488. The second-order valence-corrected chi connectivity index (χ2v) is 5.31. The SMILES string of the molecule is COC(=O)C1CCCN1C(=O)C(C(N)=S)C(C)C. The van der Waals surface area contributed by atoms with Crippen molar-refractivity contribution in [3.05, 3.63) is 0 Å². The summed E-state index contributed by atoms with van der Waals surface area (Å²) in [6.45, 7) is 4.35. The Balaban J connectivity index is 2.87. The third kappa shape index (κ3) is 2.98. The van der Waals surface area contributed by atoms with E-state index >= 15 is 0 Å². The predicted octanol–water partition coefficient (Wildman–Crippen LogP) is 0.709. The largest absolute Gasteiger partial charge is 0.467 e. The van der Waals surface area contributed by atoms with Crippen LogP contribution < -0.4 is 5.73 Å². The number of carbonyl (C=O) groups is 2. The van der Waals surface area contributed by atoms with Crippen LogP contribution >= 0.6 is 12.2 Å². The van der Waals surface area contributed by atoms with Crippen LogP contribution in [0.4, 0.5) is 0 Å². The number of methoxy groups -OCH3 is 1. The third-order valence-electron chi connectivity index (χ3n) is 3.25. The van der Waals surface area contributed by atoms with E-state index in [9.17, 15) is 9.59 Å². The monoisotopic (exact) mass is 272 g/mol. The molecule has 1 saturated heterocycles. The van der Waals surface area contributed by atoms with E-state index in [0.717, 1.165) is 6.42 Å². The number of nitrogens with zero attached hydrogens (tertiary/aromatic N) is 1. The highest BCUT2D eigenvalue weighted by Crippen LogP contribution is 2.24. The molecule has 18 heavy (non-hydrogen) atoms. The zero-order chi connectivity index (χ0) is 13.9. The van der Waals surface area contributed by atoms with Crippen LogP contribution in [0.1, 0.15) is 26.7 Å². The maximum atomic E-state index is 12.4. The first-order chi connectivity index (χ1) is 8.40. The molecule has 2 unspecified atom stereocenters. The number of rotatable bonds is 4. The summed E-state index contributed by atoms with van der Waals surface area (Å²) in [6.07, 6.45) is 1.44. The van der Waals surface area contributed by atoms with Crippen LogP contribution in [-0.2, 0) is 14.3 Å². The smallest absolute Gasteiger partial charge is 0.328 e. The Labute approximate surface area is 113 Å². The van der Waals surface area contributed by atoms with Gasteiger partial charge in [0.1, 0.15) is 6.04 Å². The second kappa shape index (κ2) is 6.13. The van der Waals surface area contributed by atoms with E-state index < -0.39 is 12.0 Å². The molecule has 2 N–H and O–H groups in total. The minimum absolute atomic E-state index is 0.0221. The average molecular weight is 272 g/mol. The molecule has 0 aromatic rings. The first-order valence-electron chi connectivity index (χ1n) is 6.07. The van der Waals surface area contributed by atoms with Crippen molar-refractivity contribution in [3.63, 3.8) is 0 Å². The number of esters is 1. The molecule has 1 heterocycles. The molecule has 1 fully saturated rings. The molecule has 0 radical (unpaired) electrons. The van der Waals surface area contributed by atoms with Crippen molar-refractivity contribution in [1.29, 1.82) is 0 Å². The zero-order valence-corrected chi connectivity index (χ0v) is 11.8. The number of hydrogen-bond donors (Lipinski definition) is 1. The molecule has 1 rings (SSSR count). The van der Waals surface area contributed by atoms with Crippen LogP contribution in [0, 0.1) is 11.8 Å². The molecule has 1 aliphatic heterocycles. The van der Waals surface area contributed by atoms with Crippen molar-refractivity contribution in [3.8, 4) is 0 Å². The number of likely N-dealkylation sites (tertiary alicyclic amines) is 1. The molecular weight excluding hydrogens is 252 g/mol. The van der Waals surface area contributed by atoms with E-state index in [4.69, 9.17) is 22.7 Å². The number of thiocarbonyl (C=S) groups is 1. The predicted molar refractivity (Wildman–Crippen MR) is 71.9 cm³/mol. The van der Waals surface area contributed by atoms with Crippen LogP contribution in [0.25, 0.3) is 0 Å². The molecule has 0 spiro atoms. The summed E-state index contributed by atoms with van der Waals surface area (Å²) in [5.74, 6) is -1.02. The molecule has 0 bridgehead atoms. The van der Waals surface area contributed by atoms with Crippen molar-refractivity contribution in [2.45, 2.75) is 32.7 Å². The average Bonchev–Trinajstić information content (AvgIpc) is 2.75. The molecule has 2 atom stereocenters. The molecule has 0 aromatic heterocycles. The van der Waals surface area contributed by atoms with Gasteiger partial charge >= 0.3 is 5.97 Å². The highest BCUT2D eigenvalue weighted by Gasteiger charge is 2.39. The van der Waals surface area contributed by atoms with Gasteiger partial charge in [0, 0.05) is 6.54 Å². The van der Waals surface area contributed by atoms with Gasteiger partial charge in [-0.3, -0.25) is 4.79 Å². The molecule has 0 aliphatic carbocycles. The number of ether oxygens (including phenoxy) is 1. The van der Waals surface area contributed by atoms with Gasteiger partial charge in [0.05, 0.1) is 18.0 Å². The van der Waals surface area contributed by atoms with Crippen LogP contribution in [0.15, 0.2) is 0 Å². The quantitative estimate of drug-likeness (QED) is 0.603. The molecule has 1 aliphatic rings. The number of amides is 1. The number of carbonyl (C=O) groups excluding carboxylic acids is 2. The molecular formula is C12H20N2O3S.